The van der Waals surface area contributed by atoms with E-state index >= 15 is 0 Å². The molecular formula is C34H33N9O4. The van der Waals surface area contributed by atoms with Crippen LogP contribution in [-0.4, -0.2) is 84.6 Å². The number of carbonyl (C=O) groups is 3. The first-order valence-corrected chi connectivity index (χ1v) is 15.3. The number of hydrogen-bond acceptors (Lipinski definition) is 9. The van der Waals surface area contributed by atoms with Crippen molar-refractivity contribution in [3.63, 3.8) is 0 Å². The second-order valence-corrected chi connectivity index (χ2v) is 11.8. The number of aryl methyl sites for hydroxylation is 1. The molecule has 7 rings (SSSR count). The number of aromatic nitrogens is 5. The number of hydrogen-bond donors (Lipinski definition) is 2. The monoisotopic (exact) mass is 631 g/mol. The van der Waals surface area contributed by atoms with Gasteiger partial charge < -0.3 is 25.6 Å². The molecule has 238 valence electrons. The zero-order chi connectivity index (χ0) is 32.7. The minimum atomic E-state index is -0.325. The van der Waals surface area contributed by atoms with Gasteiger partial charge in [0, 0.05) is 72.7 Å². The Balaban J connectivity index is 1.16. The number of piperazine rings is 1. The van der Waals surface area contributed by atoms with Gasteiger partial charge in [-0.3, -0.25) is 23.8 Å². The Labute approximate surface area is 270 Å². The highest BCUT2D eigenvalue weighted by Crippen LogP contribution is 2.39. The maximum Gasteiger partial charge on any atom is 0.256 e. The highest BCUT2D eigenvalue weighted by Gasteiger charge is 2.40. The fraction of sp³-hybridized carbons (Fsp3) is 0.265. The van der Waals surface area contributed by atoms with Gasteiger partial charge in [0.1, 0.15) is 41.0 Å². The Morgan fingerprint density at radius 1 is 0.979 bits per heavy atom. The van der Waals surface area contributed by atoms with Crippen LogP contribution in [0.15, 0.2) is 73.4 Å². The molecule has 2 saturated heterocycles. The maximum absolute atomic E-state index is 13.4. The van der Waals surface area contributed by atoms with Crippen molar-refractivity contribution in [1.82, 2.24) is 34.1 Å². The molecule has 13 nitrogen and oxygen atoms in total. The van der Waals surface area contributed by atoms with Crippen LogP contribution in [0.2, 0.25) is 0 Å². The van der Waals surface area contributed by atoms with E-state index in [1.54, 1.807) is 66.1 Å². The smallest absolute Gasteiger partial charge is 0.256 e. The number of fused-ring (bicyclic) bond motifs is 2. The van der Waals surface area contributed by atoms with Crippen LogP contribution in [-0.2, 0) is 4.79 Å². The molecule has 0 unspecified atom stereocenters. The van der Waals surface area contributed by atoms with Gasteiger partial charge in [0.2, 0.25) is 5.91 Å². The Morgan fingerprint density at radius 3 is 2.60 bits per heavy atom. The zero-order valence-corrected chi connectivity index (χ0v) is 26.0. The zero-order valence-electron chi connectivity index (χ0n) is 26.0. The number of nitrogen functional groups attached to an aromatic ring is 1. The number of nitrogens with two attached hydrogens (primary N) is 1. The van der Waals surface area contributed by atoms with Crippen molar-refractivity contribution in [3.05, 3.63) is 96.0 Å². The molecule has 47 heavy (non-hydrogen) atoms. The third kappa shape index (κ3) is 5.60. The second-order valence-electron chi connectivity index (χ2n) is 11.8. The van der Waals surface area contributed by atoms with Gasteiger partial charge in [-0.05, 0) is 67.8 Å². The third-order valence-electron chi connectivity index (χ3n) is 8.85. The van der Waals surface area contributed by atoms with Crippen molar-refractivity contribution in [2.45, 2.75) is 31.7 Å². The third-order valence-corrected chi connectivity index (χ3v) is 8.85. The summed E-state index contributed by atoms with van der Waals surface area (Å²) < 4.78 is 7.69. The summed E-state index contributed by atoms with van der Waals surface area (Å²) in [6, 6.07) is 12.1. The van der Waals surface area contributed by atoms with Crippen molar-refractivity contribution in [3.8, 4) is 17.0 Å². The minimum absolute atomic E-state index is 0.0197. The Kier molecular flexibility index (Phi) is 7.72. The number of imidazole rings is 1. The van der Waals surface area contributed by atoms with Crippen LogP contribution in [0.4, 0.5) is 11.6 Å². The molecular weight excluding hydrogens is 598 g/mol. The molecule has 3 N–H and O–H groups in total. The fourth-order valence-electron chi connectivity index (χ4n) is 6.52. The summed E-state index contributed by atoms with van der Waals surface area (Å²) >= 11 is 0. The number of anilines is 2. The van der Waals surface area contributed by atoms with E-state index in [0.717, 1.165) is 17.8 Å². The van der Waals surface area contributed by atoms with Gasteiger partial charge in [-0.1, -0.05) is 0 Å². The predicted octanol–water partition coefficient (Wildman–Crippen LogP) is 3.57. The first-order valence-electron chi connectivity index (χ1n) is 15.3. The highest BCUT2D eigenvalue weighted by molar-refractivity contribution is 6.05. The number of methoxy groups -OCH3 is 1. The summed E-state index contributed by atoms with van der Waals surface area (Å²) in [6.07, 6.45) is 9.71. The number of ether oxygens (including phenoxy) is 1. The van der Waals surface area contributed by atoms with Crippen molar-refractivity contribution in [2.24, 2.45) is 0 Å². The van der Waals surface area contributed by atoms with Crippen LogP contribution >= 0.6 is 0 Å². The SMILES string of the molecule is COc1cc(C(=O)Nc2cc(C)ccn2)ccc1-c1nc([C@@H]2CC[C@H]3CN(C(=O)c4ccncc4)CC(=O)N3C2)n2ccnc(N)c12. The molecule has 0 spiro atoms. The summed E-state index contributed by atoms with van der Waals surface area (Å²) in [5.74, 6) is 1.27. The van der Waals surface area contributed by atoms with Crippen molar-refractivity contribution in [2.75, 3.05) is 37.8 Å². The summed E-state index contributed by atoms with van der Waals surface area (Å²) in [5.41, 5.74) is 10.2. The van der Waals surface area contributed by atoms with Crippen LogP contribution < -0.4 is 15.8 Å². The van der Waals surface area contributed by atoms with E-state index in [2.05, 4.69) is 20.3 Å². The first-order chi connectivity index (χ1) is 22.8. The summed E-state index contributed by atoms with van der Waals surface area (Å²) in [4.78, 5) is 60.7. The Morgan fingerprint density at radius 2 is 1.81 bits per heavy atom. The van der Waals surface area contributed by atoms with Crippen LogP contribution in [0.25, 0.3) is 16.8 Å². The van der Waals surface area contributed by atoms with Crippen LogP contribution in [0.5, 0.6) is 5.75 Å². The van der Waals surface area contributed by atoms with Gasteiger partial charge in [-0.15, -0.1) is 0 Å². The van der Waals surface area contributed by atoms with Crippen LogP contribution in [0, 0.1) is 6.92 Å². The molecule has 13 heteroatoms. The number of amides is 3. The number of piperidine rings is 1. The molecule has 5 aromatic rings. The van der Waals surface area contributed by atoms with E-state index in [0.29, 0.717) is 64.8 Å². The molecule has 0 aliphatic carbocycles. The van der Waals surface area contributed by atoms with Gasteiger partial charge in [0.05, 0.1) is 7.11 Å². The van der Waals surface area contributed by atoms with Gasteiger partial charge in [0.15, 0.2) is 0 Å². The predicted molar refractivity (Wildman–Crippen MR) is 174 cm³/mol. The van der Waals surface area contributed by atoms with E-state index in [1.165, 1.54) is 7.11 Å². The topological polar surface area (TPSA) is 161 Å². The van der Waals surface area contributed by atoms with Crippen molar-refractivity contribution < 1.29 is 19.1 Å². The first kappa shape index (κ1) is 29.8. The molecule has 0 saturated carbocycles. The molecule has 0 radical (unpaired) electrons. The van der Waals surface area contributed by atoms with E-state index < -0.39 is 0 Å². The molecule has 3 amide bonds. The molecule has 2 aliphatic heterocycles. The number of carbonyl (C=O) groups excluding carboxylic acids is 3. The minimum Gasteiger partial charge on any atom is -0.496 e. The molecule has 4 aromatic heterocycles. The van der Waals surface area contributed by atoms with Crippen molar-refractivity contribution >= 4 is 34.9 Å². The number of rotatable bonds is 6. The Bertz CT molecular complexity index is 2010. The van der Waals surface area contributed by atoms with E-state index in [1.807, 2.05) is 28.5 Å². The van der Waals surface area contributed by atoms with Gasteiger partial charge in [-0.2, -0.15) is 0 Å². The molecule has 2 atom stereocenters. The molecule has 0 bridgehead atoms. The summed E-state index contributed by atoms with van der Waals surface area (Å²) in [6.45, 7) is 2.88. The van der Waals surface area contributed by atoms with E-state index in [-0.39, 0.29) is 36.2 Å². The number of pyridine rings is 2. The number of nitrogens with one attached hydrogen (secondary N) is 1. The summed E-state index contributed by atoms with van der Waals surface area (Å²) in [5, 5.41) is 2.83. The van der Waals surface area contributed by atoms with E-state index in [4.69, 9.17) is 15.5 Å². The van der Waals surface area contributed by atoms with Crippen LogP contribution in [0.1, 0.15) is 50.9 Å². The highest BCUT2D eigenvalue weighted by atomic mass is 16.5. The quantitative estimate of drug-likeness (QED) is 0.285. The lowest BCUT2D eigenvalue weighted by molar-refractivity contribution is -0.140. The second kappa shape index (κ2) is 12.2. The maximum atomic E-state index is 13.4. The molecule has 1 aromatic carbocycles. The number of benzene rings is 1. The normalized spacial score (nSPS) is 17.8. The lowest BCUT2D eigenvalue weighted by atomic mass is 9.90. The average molecular weight is 632 g/mol. The molecule has 2 fully saturated rings. The van der Waals surface area contributed by atoms with E-state index in [9.17, 15) is 14.4 Å². The van der Waals surface area contributed by atoms with Gasteiger partial charge >= 0.3 is 0 Å². The van der Waals surface area contributed by atoms with Gasteiger partial charge in [0.25, 0.3) is 11.8 Å². The standard InChI is InChI=1S/C34H33N9O4/c1-20-7-12-37-27(15-20)39-33(45)22-4-6-25(26(16-22)47-2)29-30-31(35)38-13-14-42(30)32(40-29)23-3-5-24-18-41(19-28(44)43(24)17-23)34(46)21-8-10-36-11-9-21/h4,6-16,23-24H,3,5,17-19H2,1-2H3,(H2,35,38)(H,37,39,45)/t23-,24+/m1/s1. The average Bonchev–Trinajstić information content (AvgIpc) is 3.48. The lowest BCUT2D eigenvalue weighted by Gasteiger charge is -2.45. The van der Waals surface area contributed by atoms with Crippen molar-refractivity contribution in [1.29, 1.82) is 0 Å². The Hall–Kier alpha value is -5.85. The molecule has 6 heterocycles. The fourth-order valence-corrected chi connectivity index (χ4v) is 6.52. The van der Waals surface area contributed by atoms with Gasteiger partial charge in [-0.25, -0.2) is 15.0 Å². The van der Waals surface area contributed by atoms with Crippen LogP contribution in [0.3, 0.4) is 0 Å². The number of nitrogens with zero attached hydrogens (tertiary/aromatic N) is 7. The summed E-state index contributed by atoms with van der Waals surface area (Å²) in [7, 11) is 1.54. The lowest BCUT2D eigenvalue weighted by Crippen LogP contribution is -2.60. The largest absolute Gasteiger partial charge is 0.496 e. The molecule has 2 aliphatic rings.